The van der Waals surface area contributed by atoms with Gasteiger partial charge in [0.25, 0.3) is 0 Å². The maximum Gasteiger partial charge on any atom is 0.227 e. The molecule has 7 heteroatoms. The van der Waals surface area contributed by atoms with E-state index in [1.54, 1.807) is 6.20 Å². The fourth-order valence-corrected chi connectivity index (χ4v) is 2.51. The van der Waals surface area contributed by atoms with Crippen LogP contribution < -0.4 is 5.32 Å². The molecule has 1 amide bonds. The molecule has 2 aromatic rings. The molecule has 130 valence electrons. The first-order chi connectivity index (χ1) is 11.4. The Bertz CT molecular complexity index is 652. The molecule has 0 unspecified atom stereocenters. The fourth-order valence-electron chi connectivity index (χ4n) is 2.51. The van der Waals surface area contributed by atoms with Crippen LogP contribution in [0.5, 0.6) is 0 Å². The first-order valence-electron chi connectivity index (χ1n) is 8.01. The van der Waals surface area contributed by atoms with Crippen LogP contribution in [0.4, 0.5) is 0 Å². The number of pyridine rings is 1. The van der Waals surface area contributed by atoms with Crippen molar-refractivity contribution in [1.82, 2.24) is 25.3 Å². The number of nitrogens with one attached hydrogen (secondary N) is 1. The van der Waals surface area contributed by atoms with E-state index >= 15 is 0 Å². The van der Waals surface area contributed by atoms with Gasteiger partial charge >= 0.3 is 0 Å². The topological polar surface area (TPSA) is 84.2 Å². The van der Waals surface area contributed by atoms with E-state index in [-0.39, 0.29) is 11.3 Å². The zero-order valence-corrected chi connectivity index (χ0v) is 14.7. The van der Waals surface area contributed by atoms with Gasteiger partial charge in [0.05, 0.1) is 0 Å². The molecule has 2 aromatic heterocycles. The van der Waals surface area contributed by atoms with Crippen molar-refractivity contribution in [3.05, 3.63) is 30.3 Å². The molecule has 2 rings (SSSR count). The molecule has 0 saturated carbocycles. The van der Waals surface area contributed by atoms with Gasteiger partial charge in [-0.15, -0.1) is 0 Å². The second kappa shape index (κ2) is 8.01. The monoisotopic (exact) mass is 331 g/mol. The molecular formula is C17H25N5O2. The Labute approximate surface area is 142 Å². The summed E-state index contributed by atoms with van der Waals surface area (Å²) in [6.07, 6.45) is 2.41. The lowest BCUT2D eigenvalue weighted by Gasteiger charge is -2.28. The second-order valence-electron chi connectivity index (χ2n) is 6.91. The summed E-state index contributed by atoms with van der Waals surface area (Å²) in [5, 5.41) is 6.87. The number of carbonyl (C=O) groups excluding carboxylic acids is 1. The third-order valence-corrected chi connectivity index (χ3v) is 3.44. The van der Waals surface area contributed by atoms with Crippen LogP contribution in [-0.2, 0) is 11.2 Å². The smallest absolute Gasteiger partial charge is 0.227 e. The minimum Gasteiger partial charge on any atom is -0.356 e. The van der Waals surface area contributed by atoms with E-state index in [4.69, 9.17) is 4.52 Å². The Balaban J connectivity index is 1.79. The van der Waals surface area contributed by atoms with Gasteiger partial charge in [0.2, 0.25) is 17.6 Å². The van der Waals surface area contributed by atoms with Crippen molar-refractivity contribution in [2.45, 2.75) is 26.7 Å². The Morgan fingerprint density at radius 1 is 1.33 bits per heavy atom. The second-order valence-corrected chi connectivity index (χ2v) is 6.91. The summed E-state index contributed by atoms with van der Waals surface area (Å²) in [7, 11) is 4.05. The maximum atomic E-state index is 12.0. The lowest BCUT2D eigenvalue weighted by atomic mass is 9.93. The molecular weight excluding hydrogens is 306 g/mol. The van der Waals surface area contributed by atoms with Gasteiger partial charge in [-0.3, -0.25) is 9.78 Å². The Morgan fingerprint density at radius 3 is 2.79 bits per heavy atom. The lowest BCUT2D eigenvalue weighted by Crippen LogP contribution is -2.40. The molecule has 0 aliphatic rings. The molecule has 7 nitrogen and oxygen atoms in total. The molecule has 0 spiro atoms. The van der Waals surface area contributed by atoms with E-state index in [1.165, 1.54) is 0 Å². The highest BCUT2D eigenvalue weighted by molar-refractivity contribution is 5.76. The zero-order valence-electron chi connectivity index (χ0n) is 14.7. The summed E-state index contributed by atoms with van der Waals surface area (Å²) in [4.78, 5) is 22.6. The molecule has 0 radical (unpaired) electrons. The number of carbonyl (C=O) groups is 1. The molecule has 0 fully saturated rings. The van der Waals surface area contributed by atoms with Crippen LogP contribution in [0.3, 0.4) is 0 Å². The van der Waals surface area contributed by atoms with Crippen LogP contribution in [0.25, 0.3) is 11.5 Å². The Morgan fingerprint density at radius 2 is 2.12 bits per heavy atom. The van der Waals surface area contributed by atoms with Crippen molar-refractivity contribution in [2.75, 3.05) is 27.2 Å². The van der Waals surface area contributed by atoms with Gasteiger partial charge in [0, 0.05) is 32.1 Å². The van der Waals surface area contributed by atoms with Gasteiger partial charge in [-0.2, -0.15) is 4.98 Å². The average Bonchev–Trinajstić information content (AvgIpc) is 3.00. The summed E-state index contributed by atoms with van der Waals surface area (Å²) in [6.45, 7) is 5.80. The first-order valence-corrected chi connectivity index (χ1v) is 8.01. The van der Waals surface area contributed by atoms with Gasteiger partial charge in [0.1, 0.15) is 5.69 Å². The number of aryl methyl sites for hydroxylation is 1. The van der Waals surface area contributed by atoms with Gasteiger partial charge in [-0.1, -0.05) is 25.1 Å². The predicted octanol–water partition coefficient (Wildman–Crippen LogP) is 1.77. The summed E-state index contributed by atoms with van der Waals surface area (Å²) in [5.74, 6) is 0.871. The van der Waals surface area contributed by atoms with Crippen molar-refractivity contribution in [3.8, 4) is 11.5 Å². The van der Waals surface area contributed by atoms with Crippen molar-refractivity contribution < 1.29 is 9.32 Å². The lowest BCUT2D eigenvalue weighted by molar-refractivity contribution is -0.121. The minimum atomic E-state index is -0.0144. The number of hydrogen-bond donors (Lipinski definition) is 1. The van der Waals surface area contributed by atoms with Gasteiger partial charge in [-0.05, 0) is 31.6 Å². The number of rotatable bonds is 8. The van der Waals surface area contributed by atoms with Crippen LogP contribution in [0.1, 0.15) is 26.2 Å². The average molecular weight is 331 g/mol. The normalized spacial score (nSPS) is 11.7. The van der Waals surface area contributed by atoms with Gasteiger partial charge < -0.3 is 14.7 Å². The summed E-state index contributed by atoms with van der Waals surface area (Å²) in [6, 6.07) is 5.50. The molecule has 0 bridgehead atoms. The molecule has 24 heavy (non-hydrogen) atoms. The van der Waals surface area contributed by atoms with Crippen LogP contribution >= 0.6 is 0 Å². The zero-order chi connectivity index (χ0) is 17.6. The van der Waals surface area contributed by atoms with Crippen molar-refractivity contribution >= 4 is 5.91 Å². The van der Waals surface area contributed by atoms with Crippen LogP contribution in [0.15, 0.2) is 28.9 Å². The fraction of sp³-hybridized carbons (Fsp3) is 0.529. The van der Waals surface area contributed by atoms with E-state index in [1.807, 2.05) is 32.3 Å². The highest BCUT2D eigenvalue weighted by Crippen LogP contribution is 2.15. The van der Waals surface area contributed by atoms with Crippen LogP contribution in [0.2, 0.25) is 0 Å². The molecule has 0 aromatic carbocycles. The van der Waals surface area contributed by atoms with Crippen molar-refractivity contribution in [1.29, 1.82) is 0 Å². The quantitative estimate of drug-likeness (QED) is 0.793. The minimum absolute atomic E-state index is 0.0144. The number of nitrogens with zero attached hydrogens (tertiary/aromatic N) is 4. The molecule has 2 heterocycles. The Hall–Kier alpha value is -2.28. The third-order valence-electron chi connectivity index (χ3n) is 3.44. The van der Waals surface area contributed by atoms with E-state index in [0.29, 0.717) is 36.8 Å². The first kappa shape index (κ1) is 18.1. The van der Waals surface area contributed by atoms with E-state index < -0.39 is 0 Å². The summed E-state index contributed by atoms with van der Waals surface area (Å²) in [5.41, 5.74) is 0.679. The van der Waals surface area contributed by atoms with Crippen LogP contribution in [-0.4, -0.2) is 53.1 Å². The Kier molecular flexibility index (Phi) is 6.03. The number of aromatic nitrogens is 3. The highest BCUT2D eigenvalue weighted by Gasteiger charge is 2.20. The van der Waals surface area contributed by atoms with Crippen molar-refractivity contribution in [3.63, 3.8) is 0 Å². The van der Waals surface area contributed by atoms with Crippen molar-refractivity contribution in [2.24, 2.45) is 5.41 Å². The SMILES string of the molecule is CN(C)CC(C)(C)CNC(=O)CCc1nc(-c2ccccn2)no1. The highest BCUT2D eigenvalue weighted by atomic mass is 16.5. The maximum absolute atomic E-state index is 12.0. The van der Waals surface area contributed by atoms with Gasteiger partial charge in [-0.25, -0.2) is 0 Å². The van der Waals surface area contributed by atoms with E-state index in [2.05, 4.69) is 39.2 Å². The van der Waals surface area contributed by atoms with E-state index in [9.17, 15) is 4.79 Å². The summed E-state index contributed by atoms with van der Waals surface area (Å²) >= 11 is 0. The van der Waals surface area contributed by atoms with E-state index in [0.717, 1.165) is 6.54 Å². The number of hydrogen-bond acceptors (Lipinski definition) is 6. The summed E-state index contributed by atoms with van der Waals surface area (Å²) < 4.78 is 5.18. The third kappa shape index (κ3) is 5.73. The molecule has 0 saturated heterocycles. The number of amides is 1. The predicted molar refractivity (Wildman–Crippen MR) is 91.2 cm³/mol. The molecule has 0 aliphatic carbocycles. The molecule has 1 N–H and O–H groups in total. The molecule has 0 atom stereocenters. The van der Waals surface area contributed by atoms with Gasteiger partial charge in [0.15, 0.2) is 0 Å². The molecule has 0 aliphatic heterocycles. The largest absolute Gasteiger partial charge is 0.356 e. The standard InChI is InChI=1S/C17H25N5O2/c1-17(2,12-22(3)4)11-19-14(23)8-9-15-20-16(21-24-15)13-7-5-6-10-18-13/h5-7,10H,8-9,11-12H2,1-4H3,(H,19,23). The van der Waals surface area contributed by atoms with Crippen LogP contribution in [0, 0.1) is 5.41 Å².